The molecule has 1 rings (SSSR count). The largest absolute Gasteiger partial charge is 0.416 e. The van der Waals surface area contributed by atoms with Gasteiger partial charge in [0.25, 0.3) is 0 Å². The van der Waals surface area contributed by atoms with E-state index in [4.69, 9.17) is 0 Å². The van der Waals surface area contributed by atoms with Gasteiger partial charge in [-0.15, -0.1) is 0 Å². The van der Waals surface area contributed by atoms with Crippen molar-refractivity contribution in [2.75, 3.05) is 0 Å². The monoisotopic (exact) mass is 256 g/mol. The molecule has 0 heterocycles. The zero-order valence-corrected chi connectivity index (χ0v) is 10.8. The van der Waals surface area contributed by atoms with Crippen LogP contribution in [0.5, 0.6) is 0 Å². The van der Waals surface area contributed by atoms with E-state index >= 15 is 0 Å². The third-order valence-corrected chi connectivity index (χ3v) is 3.29. The van der Waals surface area contributed by atoms with Crippen LogP contribution in [0, 0.1) is 5.92 Å². The summed E-state index contributed by atoms with van der Waals surface area (Å²) in [5.41, 5.74) is 1.51. The third kappa shape index (κ3) is 3.90. The molecule has 0 fully saturated rings. The van der Waals surface area contributed by atoms with Crippen molar-refractivity contribution in [2.24, 2.45) is 5.92 Å². The van der Waals surface area contributed by atoms with Crippen molar-refractivity contribution in [3.05, 3.63) is 47.5 Å². The average molecular weight is 256 g/mol. The zero-order valence-electron chi connectivity index (χ0n) is 10.8. The van der Waals surface area contributed by atoms with E-state index in [9.17, 15) is 13.2 Å². The summed E-state index contributed by atoms with van der Waals surface area (Å²) >= 11 is 0. The molecule has 1 unspecified atom stereocenters. The van der Waals surface area contributed by atoms with Crippen LogP contribution in [0.2, 0.25) is 0 Å². The first-order chi connectivity index (χ1) is 8.38. The van der Waals surface area contributed by atoms with E-state index in [2.05, 4.69) is 20.4 Å². The lowest BCUT2D eigenvalue weighted by Gasteiger charge is -2.17. The molecule has 100 valence electrons. The quantitative estimate of drug-likeness (QED) is 0.632. The van der Waals surface area contributed by atoms with Gasteiger partial charge in [-0.3, -0.25) is 0 Å². The number of hydrogen-bond acceptors (Lipinski definition) is 0. The molecule has 0 saturated heterocycles. The molecule has 3 heteroatoms. The second-order valence-corrected chi connectivity index (χ2v) is 4.52. The van der Waals surface area contributed by atoms with Crippen molar-refractivity contribution < 1.29 is 13.2 Å². The smallest absolute Gasteiger partial charge is 0.166 e. The van der Waals surface area contributed by atoms with Gasteiger partial charge in [0.2, 0.25) is 0 Å². The second kappa shape index (κ2) is 6.07. The van der Waals surface area contributed by atoms with E-state index in [0.29, 0.717) is 5.92 Å². The Hall–Kier alpha value is -1.25. The maximum absolute atomic E-state index is 12.4. The maximum Gasteiger partial charge on any atom is 0.416 e. The Morgan fingerprint density at radius 2 is 1.72 bits per heavy atom. The minimum Gasteiger partial charge on any atom is -0.166 e. The van der Waals surface area contributed by atoms with Crippen LogP contribution >= 0.6 is 0 Å². The van der Waals surface area contributed by atoms with Crippen molar-refractivity contribution in [1.29, 1.82) is 0 Å². The van der Waals surface area contributed by atoms with Crippen LogP contribution in [0.3, 0.4) is 0 Å². The lowest BCUT2D eigenvalue weighted by atomic mass is 9.89. The molecule has 0 aliphatic heterocycles. The van der Waals surface area contributed by atoms with Crippen molar-refractivity contribution >= 4 is 0 Å². The van der Waals surface area contributed by atoms with Gasteiger partial charge in [-0.1, -0.05) is 38.1 Å². The van der Waals surface area contributed by atoms with Gasteiger partial charge in [0, 0.05) is 0 Å². The number of alkyl halides is 3. The average Bonchev–Trinajstić information content (AvgIpc) is 2.34. The van der Waals surface area contributed by atoms with Crippen LogP contribution in [0.25, 0.3) is 0 Å². The molecule has 0 nitrogen and oxygen atoms in total. The first kappa shape index (κ1) is 14.8. The van der Waals surface area contributed by atoms with Gasteiger partial charge in [-0.05, 0) is 42.9 Å². The highest BCUT2D eigenvalue weighted by molar-refractivity contribution is 5.25. The van der Waals surface area contributed by atoms with Crippen LogP contribution < -0.4 is 0 Å². The Balaban J connectivity index is 2.77. The molecule has 0 aliphatic carbocycles. The molecule has 0 spiro atoms. The highest BCUT2D eigenvalue weighted by Gasteiger charge is 2.29. The molecule has 1 aromatic carbocycles. The van der Waals surface area contributed by atoms with E-state index in [1.54, 1.807) is 12.1 Å². The highest BCUT2D eigenvalue weighted by Crippen LogP contribution is 2.30. The van der Waals surface area contributed by atoms with Crippen molar-refractivity contribution in [1.82, 2.24) is 0 Å². The van der Waals surface area contributed by atoms with Gasteiger partial charge < -0.3 is 0 Å². The number of rotatable bonds is 5. The molecule has 0 bridgehead atoms. The predicted molar refractivity (Wildman–Crippen MR) is 68.4 cm³/mol. The van der Waals surface area contributed by atoms with E-state index in [1.165, 1.54) is 0 Å². The van der Waals surface area contributed by atoms with Gasteiger partial charge in [0.15, 0.2) is 0 Å². The fourth-order valence-electron chi connectivity index (χ4n) is 1.98. The van der Waals surface area contributed by atoms with Gasteiger partial charge in [0.1, 0.15) is 0 Å². The van der Waals surface area contributed by atoms with Gasteiger partial charge >= 0.3 is 6.18 Å². The molecule has 18 heavy (non-hydrogen) atoms. The molecule has 0 aliphatic rings. The fraction of sp³-hybridized carbons (Fsp3) is 0.467. The van der Waals surface area contributed by atoms with Gasteiger partial charge in [0.05, 0.1) is 5.56 Å². The summed E-state index contributed by atoms with van der Waals surface area (Å²) in [4.78, 5) is 0. The van der Waals surface area contributed by atoms with Crippen molar-refractivity contribution in [3.63, 3.8) is 0 Å². The Morgan fingerprint density at radius 1 is 1.17 bits per heavy atom. The predicted octanol–water partition coefficient (Wildman–Crippen LogP) is 5.24. The normalized spacial score (nSPS) is 13.4. The second-order valence-electron chi connectivity index (χ2n) is 4.52. The number of benzene rings is 1. The fourth-order valence-corrected chi connectivity index (χ4v) is 1.98. The topological polar surface area (TPSA) is 0 Å². The van der Waals surface area contributed by atoms with Gasteiger partial charge in [-0.25, -0.2) is 0 Å². The number of hydrogen-bond donors (Lipinski definition) is 0. The first-order valence-electron chi connectivity index (χ1n) is 6.22. The molecule has 0 aromatic heterocycles. The molecule has 0 N–H and O–H groups in total. The molecular weight excluding hydrogens is 237 g/mol. The summed E-state index contributed by atoms with van der Waals surface area (Å²) in [5.74, 6) is 0.353. The molecule has 0 radical (unpaired) electrons. The number of allylic oxidation sites excluding steroid dienone is 1. The van der Waals surface area contributed by atoms with Crippen LogP contribution in [0.1, 0.15) is 37.8 Å². The summed E-state index contributed by atoms with van der Waals surface area (Å²) in [6, 6.07) is 5.43. The minimum absolute atomic E-state index is 0.353. The zero-order chi connectivity index (χ0) is 13.8. The standard InChI is InChI=1S/C15H19F3/c1-4-11(3)13(5-2)10-12-6-8-14(9-7-12)15(16,17)18/h6-9,13H,3-5,10H2,1-2H3. The van der Waals surface area contributed by atoms with E-state index < -0.39 is 11.7 Å². The molecular formula is C15H19F3. The van der Waals surface area contributed by atoms with Crippen LogP contribution in [-0.2, 0) is 12.6 Å². The number of halogens is 3. The van der Waals surface area contributed by atoms with Crippen molar-refractivity contribution in [2.45, 2.75) is 39.3 Å². The maximum atomic E-state index is 12.4. The Bertz CT molecular complexity index is 387. The summed E-state index contributed by atoms with van der Waals surface area (Å²) in [6.07, 6.45) is -1.61. The Kier molecular flexibility index (Phi) is 5.00. The van der Waals surface area contributed by atoms with E-state index in [1.807, 2.05) is 0 Å². The molecule has 1 aromatic rings. The molecule has 0 saturated carbocycles. The van der Waals surface area contributed by atoms with Crippen molar-refractivity contribution in [3.8, 4) is 0 Å². The first-order valence-corrected chi connectivity index (χ1v) is 6.22. The lowest BCUT2D eigenvalue weighted by Crippen LogP contribution is -2.07. The molecule has 0 amide bonds. The van der Waals surface area contributed by atoms with Gasteiger partial charge in [-0.2, -0.15) is 13.2 Å². The summed E-state index contributed by atoms with van der Waals surface area (Å²) in [6.45, 7) is 8.15. The lowest BCUT2D eigenvalue weighted by molar-refractivity contribution is -0.137. The Labute approximate surface area is 107 Å². The summed E-state index contributed by atoms with van der Waals surface area (Å²) < 4.78 is 37.3. The molecule has 1 atom stereocenters. The van der Waals surface area contributed by atoms with Crippen LogP contribution in [0.4, 0.5) is 13.2 Å². The minimum atomic E-state index is -4.25. The third-order valence-electron chi connectivity index (χ3n) is 3.29. The van der Waals surface area contributed by atoms with E-state index in [-0.39, 0.29) is 0 Å². The Morgan fingerprint density at radius 3 is 2.11 bits per heavy atom. The van der Waals surface area contributed by atoms with E-state index in [0.717, 1.165) is 42.5 Å². The van der Waals surface area contributed by atoms with Crippen LogP contribution in [-0.4, -0.2) is 0 Å². The SMILES string of the molecule is C=C(CC)C(CC)Cc1ccc(C(F)(F)F)cc1. The summed E-state index contributed by atoms with van der Waals surface area (Å²) in [7, 11) is 0. The van der Waals surface area contributed by atoms with Crippen LogP contribution in [0.15, 0.2) is 36.4 Å². The highest BCUT2D eigenvalue weighted by atomic mass is 19.4. The summed E-state index contributed by atoms with van der Waals surface area (Å²) in [5, 5.41) is 0.